The van der Waals surface area contributed by atoms with Gasteiger partial charge in [0, 0.05) is 4.47 Å². The lowest BCUT2D eigenvalue weighted by Gasteiger charge is -2.14. The van der Waals surface area contributed by atoms with Crippen LogP contribution in [0, 0.1) is 0 Å². The SMILES string of the molecule is O=C1S/C(=C\c2ccccc2Br)C(=O)N1Cc1cccc2ccccc12. The number of benzene rings is 3. The zero-order valence-electron chi connectivity index (χ0n) is 13.7. The Labute approximate surface area is 163 Å². The number of hydrogen-bond acceptors (Lipinski definition) is 3. The van der Waals surface area contributed by atoms with E-state index in [1.165, 1.54) is 4.90 Å². The smallest absolute Gasteiger partial charge is 0.268 e. The van der Waals surface area contributed by atoms with Crippen LogP contribution in [0.4, 0.5) is 4.79 Å². The van der Waals surface area contributed by atoms with Crippen LogP contribution < -0.4 is 0 Å². The van der Waals surface area contributed by atoms with Crippen molar-refractivity contribution in [3.8, 4) is 0 Å². The Balaban J connectivity index is 1.65. The average molecular weight is 424 g/mol. The Hall–Kier alpha value is -2.37. The van der Waals surface area contributed by atoms with E-state index in [1.54, 1.807) is 6.08 Å². The van der Waals surface area contributed by atoms with Gasteiger partial charge >= 0.3 is 0 Å². The number of nitrogens with zero attached hydrogens (tertiary/aromatic N) is 1. The minimum absolute atomic E-state index is 0.235. The van der Waals surface area contributed by atoms with Crippen molar-refractivity contribution in [2.45, 2.75) is 6.54 Å². The van der Waals surface area contributed by atoms with Gasteiger partial charge in [-0.3, -0.25) is 14.5 Å². The number of hydrogen-bond donors (Lipinski definition) is 0. The van der Waals surface area contributed by atoms with Gasteiger partial charge in [0.15, 0.2) is 0 Å². The van der Waals surface area contributed by atoms with Gasteiger partial charge < -0.3 is 0 Å². The van der Waals surface area contributed by atoms with Crippen molar-refractivity contribution in [2.75, 3.05) is 0 Å². The van der Waals surface area contributed by atoms with Gasteiger partial charge in [0.25, 0.3) is 11.1 Å². The fourth-order valence-corrected chi connectivity index (χ4v) is 4.20. The highest BCUT2D eigenvalue weighted by atomic mass is 79.9. The van der Waals surface area contributed by atoms with Crippen molar-refractivity contribution >= 4 is 55.7 Å². The lowest BCUT2D eigenvalue weighted by Crippen LogP contribution is -2.27. The highest BCUT2D eigenvalue weighted by molar-refractivity contribution is 9.10. The Bertz CT molecular complexity index is 1060. The van der Waals surface area contributed by atoms with E-state index in [-0.39, 0.29) is 17.7 Å². The first-order chi connectivity index (χ1) is 12.6. The quantitative estimate of drug-likeness (QED) is 0.496. The van der Waals surface area contributed by atoms with Crippen LogP contribution in [0.1, 0.15) is 11.1 Å². The molecule has 4 rings (SSSR count). The fourth-order valence-electron chi connectivity index (χ4n) is 2.97. The maximum atomic E-state index is 12.8. The average Bonchev–Trinajstić information content (AvgIpc) is 2.91. The molecule has 128 valence electrons. The first kappa shape index (κ1) is 17.1. The minimum Gasteiger partial charge on any atom is -0.268 e. The number of thioether (sulfide) groups is 1. The van der Waals surface area contributed by atoms with Crippen molar-refractivity contribution in [1.29, 1.82) is 0 Å². The molecular formula is C21H14BrNO2S. The number of carbonyl (C=O) groups is 2. The summed E-state index contributed by atoms with van der Waals surface area (Å²) in [6.45, 7) is 0.277. The molecule has 0 unspecified atom stereocenters. The largest absolute Gasteiger partial charge is 0.293 e. The van der Waals surface area contributed by atoms with E-state index >= 15 is 0 Å². The third-order valence-corrected chi connectivity index (χ3v) is 5.90. The Morgan fingerprint density at radius 1 is 0.923 bits per heavy atom. The fraction of sp³-hybridized carbons (Fsp3) is 0.0476. The van der Waals surface area contributed by atoms with Gasteiger partial charge in [0.1, 0.15) is 0 Å². The number of amides is 2. The molecule has 1 fully saturated rings. The van der Waals surface area contributed by atoms with E-state index < -0.39 is 0 Å². The van der Waals surface area contributed by atoms with E-state index in [4.69, 9.17) is 0 Å². The number of imide groups is 1. The van der Waals surface area contributed by atoms with E-state index in [0.717, 1.165) is 38.1 Å². The van der Waals surface area contributed by atoms with E-state index in [2.05, 4.69) is 15.9 Å². The zero-order chi connectivity index (χ0) is 18.1. The number of rotatable bonds is 3. The van der Waals surface area contributed by atoms with Crippen molar-refractivity contribution in [2.24, 2.45) is 0 Å². The molecule has 0 atom stereocenters. The van der Waals surface area contributed by atoms with E-state index in [1.807, 2.05) is 66.7 Å². The number of fused-ring (bicyclic) bond motifs is 1. The summed E-state index contributed by atoms with van der Waals surface area (Å²) in [5.41, 5.74) is 1.84. The van der Waals surface area contributed by atoms with Crippen LogP contribution >= 0.6 is 27.7 Å². The Kier molecular flexibility index (Phi) is 4.66. The van der Waals surface area contributed by atoms with Crippen molar-refractivity contribution in [1.82, 2.24) is 4.90 Å². The van der Waals surface area contributed by atoms with Gasteiger partial charge in [-0.1, -0.05) is 76.6 Å². The van der Waals surface area contributed by atoms with Gasteiger partial charge in [-0.15, -0.1) is 0 Å². The third kappa shape index (κ3) is 3.20. The summed E-state index contributed by atoms with van der Waals surface area (Å²) in [6.07, 6.45) is 1.76. The van der Waals surface area contributed by atoms with Gasteiger partial charge in [-0.2, -0.15) is 0 Å². The molecular weight excluding hydrogens is 410 g/mol. The second-order valence-electron chi connectivity index (χ2n) is 5.93. The van der Waals surface area contributed by atoms with Crippen LogP contribution in [-0.2, 0) is 11.3 Å². The molecule has 3 aromatic carbocycles. The molecule has 0 spiro atoms. The standard InChI is InChI=1S/C21H14BrNO2S/c22-18-11-4-2-7-15(18)12-19-20(24)23(21(25)26-19)13-16-9-5-8-14-6-1-3-10-17(14)16/h1-12H,13H2/b19-12-. The molecule has 1 saturated heterocycles. The Morgan fingerprint density at radius 2 is 1.65 bits per heavy atom. The maximum Gasteiger partial charge on any atom is 0.293 e. The summed E-state index contributed by atoms with van der Waals surface area (Å²) in [5, 5.41) is 1.92. The van der Waals surface area contributed by atoms with Crippen molar-refractivity contribution in [3.63, 3.8) is 0 Å². The normalized spacial score (nSPS) is 16.0. The molecule has 5 heteroatoms. The van der Waals surface area contributed by atoms with E-state index in [0.29, 0.717) is 4.91 Å². The van der Waals surface area contributed by atoms with Crippen LogP contribution in [0.5, 0.6) is 0 Å². The van der Waals surface area contributed by atoms with Crippen LogP contribution in [-0.4, -0.2) is 16.0 Å². The minimum atomic E-state index is -0.247. The predicted molar refractivity (Wildman–Crippen MR) is 110 cm³/mol. The first-order valence-corrected chi connectivity index (χ1v) is 9.71. The first-order valence-electron chi connectivity index (χ1n) is 8.10. The van der Waals surface area contributed by atoms with Crippen LogP contribution in [0.3, 0.4) is 0 Å². The third-order valence-electron chi connectivity index (χ3n) is 4.27. The Morgan fingerprint density at radius 3 is 2.50 bits per heavy atom. The lowest BCUT2D eigenvalue weighted by atomic mass is 10.0. The van der Waals surface area contributed by atoms with Crippen LogP contribution in [0.2, 0.25) is 0 Å². The highest BCUT2D eigenvalue weighted by Crippen LogP contribution is 2.35. The molecule has 26 heavy (non-hydrogen) atoms. The molecule has 0 N–H and O–H groups in total. The zero-order valence-corrected chi connectivity index (χ0v) is 16.1. The maximum absolute atomic E-state index is 12.8. The van der Waals surface area contributed by atoms with Crippen LogP contribution in [0.15, 0.2) is 76.1 Å². The molecule has 0 radical (unpaired) electrons. The second kappa shape index (κ2) is 7.09. The molecule has 0 saturated carbocycles. The van der Waals surface area contributed by atoms with Gasteiger partial charge in [-0.05, 0) is 45.8 Å². The van der Waals surface area contributed by atoms with E-state index in [9.17, 15) is 9.59 Å². The molecule has 1 heterocycles. The van der Waals surface area contributed by atoms with Crippen molar-refractivity contribution in [3.05, 3.63) is 87.2 Å². The van der Waals surface area contributed by atoms with Gasteiger partial charge in [0.05, 0.1) is 11.4 Å². The summed E-state index contributed by atoms with van der Waals surface area (Å²) in [7, 11) is 0. The molecule has 1 aliphatic heterocycles. The second-order valence-corrected chi connectivity index (χ2v) is 7.78. The number of carbonyl (C=O) groups excluding carboxylic acids is 2. The molecule has 0 aromatic heterocycles. The monoisotopic (exact) mass is 423 g/mol. The number of halogens is 1. The summed E-state index contributed by atoms with van der Waals surface area (Å²) in [6, 6.07) is 21.6. The topological polar surface area (TPSA) is 37.4 Å². The molecule has 3 nitrogen and oxygen atoms in total. The molecule has 0 bridgehead atoms. The van der Waals surface area contributed by atoms with Gasteiger partial charge in [-0.25, -0.2) is 0 Å². The summed E-state index contributed by atoms with van der Waals surface area (Å²) < 4.78 is 0.890. The van der Waals surface area contributed by atoms with Crippen molar-refractivity contribution < 1.29 is 9.59 Å². The summed E-state index contributed by atoms with van der Waals surface area (Å²) in [4.78, 5) is 27.0. The molecule has 1 aliphatic rings. The lowest BCUT2D eigenvalue weighted by molar-refractivity contribution is -0.123. The van der Waals surface area contributed by atoms with Gasteiger partial charge in [0.2, 0.25) is 0 Å². The summed E-state index contributed by atoms with van der Waals surface area (Å²) in [5.74, 6) is -0.247. The predicted octanol–water partition coefficient (Wildman–Crippen LogP) is 5.84. The molecule has 2 amide bonds. The summed E-state index contributed by atoms with van der Waals surface area (Å²) >= 11 is 4.46. The highest BCUT2D eigenvalue weighted by Gasteiger charge is 2.35. The van der Waals surface area contributed by atoms with Crippen LogP contribution in [0.25, 0.3) is 16.8 Å². The molecule has 3 aromatic rings. The molecule has 0 aliphatic carbocycles.